The molecule has 0 bridgehead atoms. The molecule has 0 radical (unpaired) electrons. The highest BCUT2D eigenvalue weighted by molar-refractivity contribution is 8.18. The molecule has 0 aliphatic carbocycles. The quantitative estimate of drug-likeness (QED) is 0.448. The van der Waals surface area contributed by atoms with Crippen molar-refractivity contribution in [2.24, 2.45) is 4.99 Å². The second kappa shape index (κ2) is 9.63. The summed E-state index contributed by atoms with van der Waals surface area (Å²) in [6.45, 7) is 5.20. The smallest absolute Gasteiger partial charge is 0.266 e. The van der Waals surface area contributed by atoms with Crippen molar-refractivity contribution in [2.75, 3.05) is 27.4 Å². The van der Waals surface area contributed by atoms with E-state index in [2.05, 4.69) is 36.7 Å². The van der Waals surface area contributed by atoms with Crippen molar-refractivity contribution >= 4 is 45.5 Å². The van der Waals surface area contributed by atoms with E-state index in [1.165, 1.54) is 11.8 Å². The summed E-state index contributed by atoms with van der Waals surface area (Å²) in [7, 11) is 3.26. The fourth-order valence-electron chi connectivity index (χ4n) is 3.65. The number of rotatable bonds is 7. The standard InChI is InChI=1S/C25H27N3O3S/c1-17(2)28-16-18(21-7-5-6-8-22(21)28)15-23-24(29)27(13-14-30-3)25(32-23)26-19-9-11-20(31-4)12-10-19/h5-12,15-17H,13-14H2,1-4H3/b23-15+,26-25?. The molecule has 0 N–H and O–H groups in total. The van der Waals surface area contributed by atoms with Gasteiger partial charge >= 0.3 is 0 Å². The molecule has 2 heterocycles. The number of nitrogens with zero attached hydrogens (tertiary/aromatic N) is 3. The number of carbonyl (C=O) groups is 1. The van der Waals surface area contributed by atoms with Crippen molar-refractivity contribution in [1.29, 1.82) is 0 Å². The molecule has 1 saturated heterocycles. The van der Waals surface area contributed by atoms with Gasteiger partial charge in [0.1, 0.15) is 5.75 Å². The molecule has 1 aliphatic rings. The Morgan fingerprint density at radius 3 is 2.53 bits per heavy atom. The SMILES string of the molecule is COCCN1C(=O)/C(=C\c2cn(C(C)C)c3ccccc23)SC1=Nc1ccc(OC)cc1. The molecule has 1 amide bonds. The Hall–Kier alpha value is -3.03. The van der Waals surface area contributed by atoms with Crippen LogP contribution in [0.1, 0.15) is 25.5 Å². The van der Waals surface area contributed by atoms with Gasteiger partial charge in [-0.1, -0.05) is 18.2 Å². The predicted molar refractivity (Wildman–Crippen MR) is 132 cm³/mol. The highest BCUT2D eigenvalue weighted by Crippen LogP contribution is 2.36. The highest BCUT2D eigenvalue weighted by Gasteiger charge is 2.33. The van der Waals surface area contributed by atoms with E-state index in [0.29, 0.717) is 29.3 Å². The Kier molecular flexibility index (Phi) is 6.67. The summed E-state index contributed by atoms with van der Waals surface area (Å²) in [4.78, 5) is 20.3. The van der Waals surface area contributed by atoms with Gasteiger partial charge in [-0.25, -0.2) is 4.99 Å². The zero-order chi connectivity index (χ0) is 22.7. The number of fused-ring (bicyclic) bond motifs is 1. The fourth-order valence-corrected chi connectivity index (χ4v) is 4.67. The molecule has 166 valence electrons. The zero-order valence-electron chi connectivity index (χ0n) is 18.7. The van der Waals surface area contributed by atoms with Crippen molar-refractivity contribution in [3.05, 3.63) is 65.2 Å². The topological polar surface area (TPSA) is 56.1 Å². The maximum atomic E-state index is 13.3. The molecule has 4 rings (SSSR count). The van der Waals surface area contributed by atoms with E-state index in [4.69, 9.17) is 14.5 Å². The van der Waals surface area contributed by atoms with Gasteiger partial charge in [0.2, 0.25) is 0 Å². The maximum Gasteiger partial charge on any atom is 0.266 e. The summed E-state index contributed by atoms with van der Waals surface area (Å²) in [6, 6.07) is 16.1. The first kappa shape index (κ1) is 22.2. The third-order valence-corrected chi connectivity index (χ3v) is 6.33. The minimum Gasteiger partial charge on any atom is -0.497 e. The van der Waals surface area contributed by atoms with Crippen LogP contribution in [0.25, 0.3) is 17.0 Å². The van der Waals surface area contributed by atoms with E-state index in [1.807, 2.05) is 42.5 Å². The minimum atomic E-state index is -0.0549. The first-order valence-electron chi connectivity index (χ1n) is 10.5. The number of amides is 1. The second-order valence-corrected chi connectivity index (χ2v) is 8.76. The summed E-state index contributed by atoms with van der Waals surface area (Å²) in [6.07, 6.45) is 4.10. The lowest BCUT2D eigenvalue weighted by molar-refractivity contribution is -0.122. The molecule has 0 spiro atoms. The maximum absolute atomic E-state index is 13.3. The van der Waals surface area contributed by atoms with Gasteiger partial charge in [-0.05, 0) is 62.0 Å². The lowest BCUT2D eigenvalue weighted by atomic mass is 10.1. The Bertz CT molecular complexity index is 1180. The van der Waals surface area contributed by atoms with Gasteiger partial charge in [-0.2, -0.15) is 0 Å². The number of aromatic nitrogens is 1. The zero-order valence-corrected chi connectivity index (χ0v) is 19.6. The second-order valence-electron chi connectivity index (χ2n) is 7.76. The van der Waals surface area contributed by atoms with Gasteiger partial charge < -0.3 is 14.0 Å². The van der Waals surface area contributed by atoms with E-state index < -0.39 is 0 Å². The van der Waals surface area contributed by atoms with E-state index >= 15 is 0 Å². The molecule has 1 aliphatic heterocycles. The number of thioether (sulfide) groups is 1. The third kappa shape index (κ3) is 4.45. The largest absolute Gasteiger partial charge is 0.497 e. The predicted octanol–water partition coefficient (Wildman–Crippen LogP) is 5.48. The van der Waals surface area contributed by atoms with Crippen LogP contribution in [0.3, 0.4) is 0 Å². The van der Waals surface area contributed by atoms with Crippen molar-refractivity contribution in [3.63, 3.8) is 0 Å². The van der Waals surface area contributed by atoms with Gasteiger partial charge in [-0.15, -0.1) is 0 Å². The molecule has 0 unspecified atom stereocenters. The number of benzene rings is 2. The van der Waals surface area contributed by atoms with Crippen LogP contribution in [0.5, 0.6) is 5.75 Å². The first-order chi connectivity index (χ1) is 15.5. The summed E-state index contributed by atoms with van der Waals surface area (Å²) in [5.74, 6) is 0.711. The monoisotopic (exact) mass is 449 g/mol. The number of amidine groups is 1. The number of hydrogen-bond donors (Lipinski definition) is 0. The Morgan fingerprint density at radius 1 is 1.09 bits per heavy atom. The van der Waals surface area contributed by atoms with Crippen molar-refractivity contribution in [1.82, 2.24) is 9.47 Å². The average molecular weight is 450 g/mol. The number of hydrogen-bond acceptors (Lipinski definition) is 5. The molecular formula is C25H27N3O3S. The van der Waals surface area contributed by atoms with Crippen LogP contribution < -0.4 is 4.74 Å². The van der Waals surface area contributed by atoms with Crippen LogP contribution in [0.2, 0.25) is 0 Å². The van der Waals surface area contributed by atoms with Crippen molar-refractivity contribution < 1.29 is 14.3 Å². The van der Waals surface area contributed by atoms with E-state index in [9.17, 15) is 4.79 Å². The number of aliphatic imine (C=N–C) groups is 1. The van der Waals surface area contributed by atoms with Crippen LogP contribution in [0, 0.1) is 0 Å². The van der Waals surface area contributed by atoms with Crippen LogP contribution in [-0.4, -0.2) is 47.9 Å². The molecule has 7 heteroatoms. The summed E-state index contributed by atoms with van der Waals surface area (Å²) in [5.41, 5.74) is 2.96. The van der Waals surface area contributed by atoms with Crippen molar-refractivity contribution in [2.45, 2.75) is 19.9 Å². The first-order valence-corrected chi connectivity index (χ1v) is 11.4. The molecule has 3 aromatic rings. The third-order valence-electron chi connectivity index (χ3n) is 5.32. The molecule has 0 saturated carbocycles. The Labute approximate surface area is 192 Å². The summed E-state index contributed by atoms with van der Waals surface area (Å²) >= 11 is 1.39. The summed E-state index contributed by atoms with van der Waals surface area (Å²) < 4.78 is 12.7. The Balaban J connectivity index is 1.72. The molecule has 6 nitrogen and oxygen atoms in total. The van der Waals surface area contributed by atoms with E-state index in [-0.39, 0.29) is 5.91 Å². The highest BCUT2D eigenvalue weighted by atomic mass is 32.2. The molecule has 0 atom stereocenters. The van der Waals surface area contributed by atoms with Crippen molar-refractivity contribution in [3.8, 4) is 5.75 Å². The van der Waals surface area contributed by atoms with Crippen LogP contribution in [-0.2, 0) is 9.53 Å². The lowest BCUT2D eigenvalue weighted by Crippen LogP contribution is -2.32. The average Bonchev–Trinajstić information content (AvgIpc) is 3.31. The van der Waals surface area contributed by atoms with Crippen LogP contribution in [0.4, 0.5) is 5.69 Å². The number of ether oxygens (including phenoxy) is 2. The van der Waals surface area contributed by atoms with Gasteiger partial charge in [0.15, 0.2) is 5.17 Å². The fraction of sp³-hybridized carbons (Fsp3) is 0.280. The van der Waals surface area contributed by atoms with Gasteiger partial charge in [0.05, 0.1) is 30.9 Å². The van der Waals surface area contributed by atoms with Gasteiger partial charge in [0, 0.05) is 35.8 Å². The molecule has 32 heavy (non-hydrogen) atoms. The summed E-state index contributed by atoms with van der Waals surface area (Å²) in [5, 5.41) is 1.78. The van der Waals surface area contributed by atoms with Crippen LogP contribution >= 0.6 is 11.8 Å². The Morgan fingerprint density at radius 2 is 1.84 bits per heavy atom. The van der Waals surface area contributed by atoms with Gasteiger partial charge in [0.25, 0.3) is 5.91 Å². The van der Waals surface area contributed by atoms with E-state index in [0.717, 1.165) is 27.9 Å². The molecule has 1 aromatic heterocycles. The lowest BCUT2D eigenvalue weighted by Gasteiger charge is -2.14. The molecular weight excluding hydrogens is 422 g/mol. The van der Waals surface area contributed by atoms with Crippen LogP contribution in [0.15, 0.2) is 64.6 Å². The van der Waals surface area contributed by atoms with Gasteiger partial charge in [-0.3, -0.25) is 9.69 Å². The molecule has 1 fully saturated rings. The minimum absolute atomic E-state index is 0.0549. The molecule has 2 aromatic carbocycles. The normalized spacial score (nSPS) is 16.8. The number of para-hydroxylation sites is 1. The number of carbonyl (C=O) groups excluding carboxylic acids is 1. The number of methoxy groups -OCH3 is 2. The van der Waals surface area contributed by atoms with E-state index in [1.54, 1.807) is 19.1 Å².